The Hall–Kier alpha value is -4.47. The van der Waals surface area contributed by atoms with Crippen LogP contribution in [-0.2, 0) is 11.3 Å². The average molecular weight is 567 g/mol. The number of pyridine rings is 1. The summed E-state index contributed by atoms with van der Waals surface area (Å²) in [6.07, 6.45) is 0.593. The molecule has 0 aliphatic heterocycles. The predicted molar refractivity (Wildman–Crippen MR) is 154 cm³/mol. The first-order valence-electron chi connectivity index (χ1n) is 12.1. The van der Waals surface area contributed by atoms with Crippen molar-refractivity contribution in [2.45, 2.75) is 20.4 Å². The zero-order valence-corrected chi connectivity index (χ0v) is 22.9. The van der Waals surface area contributed by atoms with E-state index >= 15 is 0 Å². The Labute approximate surface area is 234 Å². The van der Waals surface area contributed by atoms with Gasteiger partial charge in [0.25, 0.3) is 5.56 Å². The van der Waals surface area contributed by atoms with Gasteiger partial charge in [-0.25, -0.2) is 9.18 Å². The van der Waals surface area contributed by atoms with Gasteiger partial charge >= 0.3 is 5.63 Å². The van der Waals surface area contributed by atoms with Gasteiger partial charge in [0.15, 0.2) is 11.9 Å². The SMILES string of the molecule is CN.Cc1c(O)c2c(=O)n(Cc3ccc(F)cc3)c3cc(OCC=O)ccc3c2oc1=O.Cc1cccc(Cl)c1. The van der Waals surface area contributed by atoms with Crippen LogP contribution in [0.15, 0.2) is 80.7 Å². The van der Waals surface area contributed by atoms with Crippen molar-refractivity contribution in [2.24, 2.45) is 5.73 Å². The predicted octanol–water partition coefficient (Wildman–Crippen LogP) is 5.11. The van der Waals surface area contributed by atoms with Gasteiger partial charge in [-0.2, -0.15) is 0 Å². The van der Waals surface area contributed by atoms with Crippen LogP contribution in [-0.4, -0.2) is 29.6 Å². The monoisotopic (exact) mass is 566 g/mol. The molecule has 8 nitrogen and oxygen atoms in total. The number of hydrogen-bond donors (Lipinski definition) is 2. The molecule has 0 fully saturated rings. The highest BCUT2D eigenvalue weighted by Gasteiger charge is 2.20. The molecule has 0 saturated carbocycles. The number of fused-ring (bicyclic) bond motifs is 3. The van der Waals surface area contributed by atoms with E-state index in [9.17, 15) is 23.9 Å². The van der Waals surface area contributed by atoms with Gasteiger partial charge in [0.05, 0.1) is 17.6 Å². The van der Waals surface area contributed by atoms with E-state index < -0.39 is 22.8 Å². The molecule has 40 heavy (non-hydrogen) atoms. The van der Waals surface area contributed by atoms with Gasteiger partial charge in [-0.15, -0.1) is 0 Å². The van der Waals surface area contributed by atoms with Crippen molar-refractivity contribution in [1.29, 1.82) is 0 Å². The molecule has 0 saturated heterocycles. The van der Waals surface area contributed by atoms with Crippen LogP contribution in [0.1, 0.15) is 16.7 Å². The molecule has 0 aliphatic carbocycles. The lowest BCUT2D eigenvalue weighted by molar-refractivity contribution is -0.109. The molecule has 5 aromatic rings. The van der Waals surface area contributed by atoms with E-state index in [-0.39, 0.29) is 29.7 Å². The van der Waals surface area contributed by atoms with E-state index in [1.165, 1.54) is 36.2 Å². The second kappa shape index (κ2) is 13.5. The second-order valence-electron chi connectivity index (χ2n) is 8.54. The first-order valence-corrected chi connectivity index (χ1v) is 12.5. The van der Waals surface area contributed by atoms with Crippen molar-refractivity contribution in [3.05, 3.63) is 115 Å². The standard InChI is InChI=1S/C22H16FNO6.C7H7Cl.CH5N/c1-12-19(26)18-20(30-22(12)28)16-7-6-15(29-9-8-25)10-17(16)24(21(18)27)11-13-2-4-14(23)5-3-13;1-6-3-2-4-7(8)5-6;1-2/h2-8,10,26H,9,11H2,1H3;2-5H,1H3;2H2,1H3. The highest BCUT2D eigenvalue weighted by Crippen LogP contribution is 2.31. The van der Waals surface area contributed by atoms with Gasteiger partial charge in [-0.1, -0.05) is 35.9 Å². The summed E-state index contributed by atoms with van der Waals surface area (Å²) in [7, 11) is 1.50. The number of carbonyl (C=O) groups excluding carboxylic acids is 1. The van der Waals surface area contributed by atoms with E-state index in [1.54, 1.807) is 30.3 Å². The Bertz CT molecular complexity index is 1750. The first kappa shape index (κ1) is 30.1. The molecule has 5 rings (SSSR count). The first-order chi connectivity index (χ1) is 19.2. The summed E-state index contributed by atoms with van der Waals surface area (Å²) < 4.78 is 25.3. The summed E-state index contributed by atoms with van der Waals surface area (Å²) in [5.74, 6) is -0.517. The Kier molecular flexibility index (Phi) is 10.2. The Balaban J connectivity index is 0.000000376. The van der Waals surface area contributed by atoms with E-state index in [0.717, 1.165) is 5.02 Å². The molecule has 2 heterocycles. The summed E-state index contributed by atoms with van der Waals surface area (Å²) >= 11 is 5.64. The van der Waals surface area contributed by atoms with Crippen LogP contribution < -0.4 is 21.7 Å². The van der Waals surface area contributed by atoms with Crippen LogP contribution in [0.25, 0.3) is 21.9 Å². The van der Waals surface area contributed by atoms with E-state index in [0.29, 0.717) is 28.5 Å². The molecule has 0 atom stereocenters. The van der Waals surface area contributed by atoms with Crippen molar-refractivity contribution < 1.29 is 23.4 Å². The molecule has 3 N–H and O–H groups in total. The molecule has 0 bridgehead atoms. The lowest BCUT2D eigenvalue weighted by Gasteiger charge is -2.15. The molecule has 2 aromatic heterocycles. The van der Waals surface area contributed by atoms with E-state index in [4.69, 9.17) is 20.8 Å². The zero-order chi connectivity index (χ0) is 29.4. The van der Waals surface area contributed by atoms with Crippen LogP contribution in [0, 0.1) is 19.7 Å². The van der Waals surface area contributed by atoms with Crippen molar-refractivity contribution in [3.63, 3.8) is 0 Å². The van der Waals surface area contributed by atoms with Gasteiger partial charge in [-0.3, -0.25) is 9.59 Å². The van der Waals surface area contributed by atoms with Gasteiger partial charge in [-0.05, 0) is 68.4 Å². The number of carbonyl (C=O) groups is 1. The maximum Gasteiger partial charge on any atom is 0.342 e. The third-order valence-corrected chi connectivity index (χ3v) is 6.07. The molecular formula is C30H28ClFN2O6. The fourth-order valence-electron chi connectivity index (χ4n) is 3.93. The average Bonchev–Trinajstić information content (AvgIpc) is 2.95. The number of aromatic nitrogens is 1. The van der Waals surface area contributed by atoms with E-state index in [2.05, 4.69) is 5.73 Å². The molecular weight excluding hydrogens is 539 g/mol. The summed E-state index contributed by atoms with van der Waals surface area (Å²) in [6, 6.07) is 18.1. The van der Waals surface area contributed by atoms with Crippen molar-refractivity contribution in [3.8, 4) is 11.5 Å². The highest BCUT2D eigenvalue weighted by molar-refractivity contribution is 6.30. The van der Waals surface area contributed by atoms with Crippen LogP contribution in [0.2, 0.25) is 5.02 Å². The third kappa shape index (κ3) is 6.74. The Morgan fingerprint density at radius 3 is 2.35 bits per heavy atom. The Morgan fingerprint density at radius 2 is 1.75 bits per heavy atom. The minimum absolute atomic E-state index is 0.0413. The molecule has 0 radical (unpaired) electrons. The van der Waals surface area contributed by atoms with Gasteiger partial charge in [0.1, 0.15) is 29.3 Å². The number of ether oxygens (including phenoxy) is 1. The lowest BCUT2D eigenvalue weighted by Crippen LogP contribution is -2.23. The van der Waals surface area contributed by atoms with E-state index in [1.807, 2.05) is 31.2 Å². The van der Waals surface area contributed by atoms with Crippen molar-refractivity contribution >= 4 is 39.8 Å². The minimum Gasteiger partial charge on any atom is -0.506 e. The summed E-state index contributed by atoms with van der Waals surface area (Å²) in [4.78, 5) is 36.0. The quantitative estimate of drug-likeness (QED) is 0.224. The number of rotatable bonds is 5. The number of aldehydes is 1. The topological polar surface area (TPSA) is 125 Å². The number of benzene rings is 3. The number of halogens is 2. The Morgan fingerprint density at radius 1 is 1.05 bits per heavy atom. The largest absolute Gasteiger partial charge is 0.506 e. The number of aromatic hydroxyl groups is 1. The van der Waals surface area contributed by atoms with Gasteiger partial charge < -0.3 is 24.6 Å². The lowest BCUT2D eigenvalue weighted by atomic mass is 10.1. The zero-order valence-electron chi connectivity index (χ0n) is 22.1. The minimum atomic E-state index is -0.752. The summed E-state index contributed by atoms with van der Waals surface area (Å²) in [5.41, 5.74) is 5.27. The molecule has 0 amide bonds. The van der Waals surface area contributed by atoms with Crippen LogP contribution in [0.5, 0.6) is 11.5 Å². The summed E-state index contributed by atoms with van der Waals surface area (Å²) in [5, 5.41) is 11.6. The normalized spacial score (nSPS) is 10.3. The number of nitrogens with two attached hydrogens (primary N) is 1. The van der Waals surface area contributed by atoms with Crippen LogP contribution >= 0.6 is 11.6 Å². The summed E-state index contributed by atoms with van der Waals surface area (Å²) in [6.45, 7) is 3.29. The van der Waals surface area contributed by atoms with Gasteiger partial charge in [0.2, 0.25) is 0 Å². The molecule has 3 aromatic carbocycles. The maximum atomic E-state index is 13.3. The number of aryl methyl sites for hydroxylation is 1. The smallest absolute Gasteiger partial charge is 0.342 e. The third-order valence-electron chi connectivity index (χ3n) is 5.84. The molecule has 0 aliphatic rings. The molecule has 208 valence electrons. The number of nitrogens with zero attached hydrogens (tertiary/aromatic N) is 1. The second-order valence-corrected chi connectivity index (χ2v) is 8.98. The number of hydrogen-bond acceptors (Lipinski definition) is 7. The highest BCUT2D eigenvalue weighted by atomic mass is 35.5. The van der Waals surface area contributed by atoms with Crippen LogP contribution in [0.4, 0.5) is 4.39 Å². The maximum absolute atomic E-state index is 13.3. The molecule has 0 spiro atoms. The fourth-order valence-corrected chi connectivity index (χ4v) is 4.17. The molecule has 10 heteroatoms. The van der Waals surface area contributed by atoms with Crippen molar-refractivity contribution in [2.75, 3.05) is 13.7 Å². The van der Waals surface area contributed by atoms with Gasteiger partial charge in [0, 0.05) is 16.5 Å². The van der Waals surface area contributed by atoms with Crippen molar-refractivity contribution in [1.82, 2.24) is 4.57 Å². The molecule has 0 unspecified atom stereocenters. The fraction of sp³-hybridized carbons (Fsp3) is 0.167. The van der Waals surface area contributed by atoms with Crippen LogP contribution in [0.3, 0.4) is 0 Å².